The van der Waals surface area contributed by atoms with Gasteiger partial charge in [-0.25, -0.2) is 4.39 Å². The first-order valence-electron chi connectivity index (χ1n) is 8.52. The molecule has 0 saturated carbocycles. The first-order chi connectivity index (χ1) is 12.1. The van der Waals surface area contributed by atoms with Crippen molar-refractivity contribution in [1.29, 1.82) is 0 Å². The van der Waals surface area contributed by atoms with E-state index >= 15 is 0 Å². The lowest BCUT2D eigenvalue weighted by Gasteiger charge is -2.36. The summed E-state index contributed by atoms with van der Waals surface area (Å²) in [7, 11) is 0. The third-order valence-electron chi connectivity index (χ3n) is 4.56. The van der Waals surface area contributed by atoms with Gasteiger partial charge < -0.3 is 4.90 Å². The normalized spacial score (nSPS) is 16.8. The largest absolute Gasteiger partial charge is 0.338 e. The summed E-state index contributed by atoms with van der Waals surface area (Å²) in [5.41, 5.74) is 1.08. The number of rotatable bonds is 5. The number of nitrogens with zero attached hydrogens (tertiary/aromatic N) is 4. The van der Waals surface area contributed by atoms with Crippen molar-refractivity contribution in [3.05, 3.63) is 53.1 Å². The van der Waals surface area contributed by atoms with Gasteiger partial charge in [0.25, 0.3) is 0 Å². The smallest absolute Gasteiger partial charge is 0.247 e. The maximum absolute atomic E-state index is 13.0. The highest BCUT2D eigenvalue weighted by atomic mass is 35.5. The standard InChI is InChI=1S/C18H22ClFN4O/c1-2-17(24-13-15(19)11-21-24)18(25)23-9-7-22(8-10-23)12-14-3-5-16(20)6-4-14/h3-6,11,13,17H,2,7-10,12H2,1H3. The summed E-state index contributed by atoms with van der Waals surface area (Å²) in [4.78, 5) is 17.0. The number of amides is 1. The van der Waals surface area contributed by atoms with Crippen LogP contribution < -0.4 is 0 Å². The third-order valence-corrected chi connectivity index (χ3v) is 4.76. The fourth-order valence-corrected chi connectivity index (χ4v) is 3.29. The number of hydrogen-bond donors (Lipinski definition) is 0. The molecule has 0 aliphatic carbocycles. The summed E-state index contributed by atoms with van der Waals surface area (Å²) < 4.78 is 14.6. The van der Waals surface area contributed by atoms with Gasteiger partial charge in [0.05, 0.1) is 11.2 Å². The van der Waals surface area contributed by atoms with Crippen molar-refractivity contribution in [2.24, 2.45) is 0 Å². The number of carbonyl (C=O) groups is 1. The fraction of sp³-hybridized carbons (Fsp3) is 0.444. The summed E-state index contributed by atoms with van der Waals surface area (Å²) in [6.07, 6.45) is 3.92. The second-order valence-corrected chi connectivity index (χ2v) is 6.73. The van der Waals surface area contributed by atoms with Crippen molar-refractivity contribution >= 4 is 17.5 Å². The second kappa shape index (κ2) is 7.97. The maximum atomic E-state index is 13.0. The minimum atomic E-state index is -0.309. The Bertz CT molecular complexity index is 710. The Hall–Kier alpha value is -1.92. The van der Waals surface area contributed by atoms with Crippen LogP contribution in [0.3, 0.4) is 0 Å². The lowest BCUT2D eigenvalue weighted by atomic mass is 10.1. The molecule has 0 spiro atoms. The van der Waals surface area contributed by atoms with Crippen LogP contribution in [0.15, 0.2) is 36.7 Å². The van der Waals surface area contributed by atoms with E-state index in [0.29, 0.717) is 24.5 Å². The number of halogens is 2. The zero-order valence-corrected chi connectivity index (χ0v) is 15.0. The summed E-state index contributed by atoms with van der Waals surface area (Å²) in [5.74, 6) is -0.132. The zero-order valence-electron chi connectivity index (χ0n) is 14.2. The third kappa shape index (κ3) is 4.38. The Morgan fingerprint density at radius 1 is 1.24 bits per heavy atom. The van der Waals surface area contributed by atoms with Crippen molar-refractivity contribution in [2.45, 2.75) is 25.9 Å². The molecule has 2 heterocycles. The molecule has 5 nitrogen and oxygen atoms in total. The highest BCUT2D eigenvalue weighted by Gasteiger charge is 2.28. The molecule has 1 aromatic heterocycles. The molecule has 0 bridgehead atoms. The van der Waals surface area contributed by atoms with Crippen LogP contribution in [0.4, 0.5) is 4.39 Å². The van der Waals surface area contributed by atoms with Crippen LogP contribution in [0.25, 0.3) is 0 Å². The molecule has 1 fully saturated rings. The van der Waals surface area contributed by atoms with Gasteiger partial charge in [0.2, 0.25) is 5.91 Å². The summed E-state index contributed by atoms with van der Waals surface area (Å²) >= 11 is 5.92. The molecule has 1 saturated heterocycles. The van der Waals surface area contributed by atoms with E-state index in [9.17, 15) is 9.18 Å². The minimum Gasteiger partial charge on any atom is -0.338 e. The van der Waals surface area contributed by atoms with Crippen LogP contribution in [0.1, 0.15) is 24.9 Å². The number of carbonyl (C=O) groups excluding carboxylic acids is 1. The SMILES string of the molecule is CCC(C(=O)N1CCN(Cc2ccc(F)cc2)CC1)n1cc(Cl)cn1. The quantitative estimate of drug-likeness (QED) is 0.819. The lowest BCUT2D eigenvalue weighted by Crippen LogP contribution is -2.50. The minimum absolute atomic E-state index is 0.0868. The monoisotopic (exact) mass is 364 g/mol. The molecule has 25 heavy (non-hydrogen) atoms. The Morgan fingerprint density at radius 3 is 2.48 bits per heavy atom. The zero-order chi connectivity index (χ0) is 17.8. The van der Waals surface area contributed by atoms with Gasteiger partial charge in [-0.15, -0.1) is 0 Å². The fourth-order valence-electron chi connectivity index (χ4n) is 3.15. The van der Waals surface area contributed by atoms with E-state index in [-0.39, 0.29) is 17.8 Å². The van der Waals surface area contributed by atoms with Gasteiger partial charge in [0.15, 0.2) is 0 Å². The van der Waals surface area contributed by atoms with Gasteiger partial charge in [0.1, 0.15) is 11.9 Å². The van der Waals surface area contributed by atoms with E-state index in [1.54, 1.807) is 29.2 Å². The van der Waals surface area contributed by atoms with Crippen molar-refractivity contribution < 1.29 is 9.18 Å². The molecule has 0 radical (unpaired) electrons. The molecular weight excluding hydrogens is 343 g/mol. The number of benzene rings is 1. The van der Waals surface area contributed by atoms with E-state index in [2.05, 4.69) is 10.00 Å². The van der Waals surface area contributed by atoms with Gasteiger partial charge in [-0.05, 0) is 24.1 Å². The van der Waals surface area contributed by atoms with Gasteiger partial charge in [-0.3, -0.25) is 14.4 Å². The first kappa shape index (κ1) is 17.9. The molecule has 1 aliphatic rings. The predicted molar refractivity (Wildman–Crippen MR) is 94.8 cm³/mol. The van der Waals surface area contributed by atoms with Gasteiger partial charge in [-0.2, -0.15) is 5.10 Å². The molecular formula is C18H22ClFN4O. The number of hydrogen-bond acceptors (Lipinski definition) is 3. The predicted octanol–water partition coefficient (Wildman–Crippen LogP) is 2.97. The molecule has 1 unspecified atom stereocenters. The van der Waals surface area contributed by atoms with Crippen LogP contribution in [-0.2, 0) is 11.3 Å². The lowest BCUT2D eigenvalue weighted by molar-refractivity contribution is -0.137. The molecule has 1 amide bonds. The molecule has 3 rings (SSSR count). The van der Waals surface area contributed by atoms with Crippen LogP contribution in [0.5, 0.6) is 0 Å². The molecule has 0 N–H and O–H groups in total. The van der Waals surface area contributed by atoms with E-state index in [1.807, 2.05) is 11.8 Å². The summed E-state index contributed by atoms with van der Waals surface area (Å²) in [6, 6.07) is 6.27. The second-order valence-electron chi connectivity index (χ2n) is 6.29. The van der Waals surface area contributed by atoms with Crippen LogP contribution >= 0.6 is 11.6 Å². The molecule has 134 valence electrons. The molecule has 1 aliphatic heterocycles. The number of piperazine rings is 1. The first-order valence-corrected chi connectivity index (χ1v) is 8.90. The van der Waals surface area contributed by atoms with Crippen molar-refractivity contribution in [3.63, 3.8) is 0 Å². The van der Waals surface area contributed by atoms with E-state index in [0.717, 1.165) is 25.2 Å². The van der Waals surface area contributed by atoms with E-state index < -0.39 is 0 Å². The van der Waals surface area contributed by atoms with Crippen molar-refractivity contribution in [2.75, 3.05) is 26.2 Å². The topological polar surface area (TPSA) is 41.4 Å². The van der Waals surface area contributed by atoms with Crippen LogP contribution in [-0.4, -0.2) is 51.7 Å². The summed E-state index contributed by atoms with van der Waals surface area (Å²) in [5, 5.41) is 4.71. The average molecular weight is 365 g/mol. The van der Waals surface area contributed by atoms with Crippen LogP contribution in [0.2, 0.25) is 5.02 Å². The van der Waals surface area contributed by atoms with Gasteiger partial charge >= 0.3 is 0 Å². The van der Waals surface area contributed by atoms with Crippen LogP contribution in [0, 0.1) is 5.82 Å². The van der Waals surface area contributed by atoms with E-state index in [4.69, 9.17) is 11.6 Å². The van der Waals surface area contributed by atoms with Gasteiger partial charge in [-0.1, -0.05) is 30.7 Å². The number of aromatic nitrogens is 2. The highest BCUT2D eigenvalue weighted by molar-refractivity contribution is 6.30. The Kier molecular flexibility index (Phi) is 5.71. The Morgan fingerprint density at radius 2 is 1.92 bits per heavy atom. The molecule has 1 aromatic carbocycles. The average Bonchev–Trinajstić information content (AvgIpc) is 3.04. The molecule has 1 atom stereocenters. The highest BCUT2D eigenvalue weighted by Crippen LogP contribution is 2.19. The van der Waals surface area contributed by atoms with Crippen molar-refractivity contribution in [3.8, 4) is 0 Å². The molecule has 7 heteroatoms. The Balaban J connectivity index is 1.55. The Labute approximate surface area is 152 Å². The van der Waals surface area contributed by atoms with E-state index in [1.165, 1.54) is 12.1 Å². The molecule has 2 aromatic rings. The maximum Gasteiger partial charge on any atom is 0.247 e. The van der Waals surface area contributed by atoms with Crippen molar-refractivity contribution in [1.82, 2.24) is 19.6 Å². The van der Waals surface area contributed by atoms with Gasteiger partial charge in [0, 0.05) is 38.9 Å². The summed E-state index contributed by atoms with van der Waals surface area (Å²) in [6.45, 7) is 5.73.